The van der Waals surface area contributed by atoms with Crippen molar-refractivity contribution in [3.8, 4) is 5.75 Å². The van der Waals surface area contributed by atoms with Gasteiger partial charge in [0, 0.05) is 29.6 Å². The molecule has 2 aromatic rings. The van der Waals surface area contributed by atoms with Crippen LogP contribution in [0.4, 0.5) is 0 Å². The van der Waals surface area contributed by atoms with Gasteiger partial charge >= 0.3 is 5.63 Å². The number of amides is 1. The Bertz CT molecular complexity index is 910. The molecule has 2 heterocycles. The fraction of sp³-hybridized carbons (Fsp3) is 0.474. The molecule has 1 amide bonds. The van der Waals surface area contributed by atoms with Gasteiger partial charge in [-0.25, -0.2) is 4.79 Å². The number of aliphatic hydroxyl groups is 1. The van der Waals surface area contributed by atoms with Crippen LogP contribution < -0.4 is 10.4 Å². The monoisotopic (exact) mass is 343 g/mol. The molecule has 1 aliphatic carbocycles. The number of ether oxygens (including phenoxy) is 1. The number of hydrogen-bond donors (Lipinski definition) is 1. The second kappa shape index (κ2) is 5.88. The summed E-state index contributed by atoms with van der Waals surface area (Å²) in [5, 5.41) is 10.3. The van der Waals surface area contributed by atoms with E-state index in [2.05, 4.69) is 0 Å². The zero-order valence-electron chi connectivity index (χ0n) is 14.4. The normalized spacial score (nSPS) is 18.1. The first-order chi connectivity index (χ1) is 12.0. The van der Waals surface area contributed by atoms with Gasteiger partial charge in [0.25, 0.3) is 5.91 Å². The second-order valence-electron chi connectivity index (χ2n) is 6.92. The van der Waals surface area contributed by atoms with Crippen molar-refractivity contribution in [1.82, 2.24) is 4.90 Å². The van der Waals surface area contributed by atoms with Gasteiger partial charge in [0.15, 0.2) is 6.10 Å². The number of benzene rings is 1. The fourth-order valence-electron chi connectivity index (χ4n) is 3.72. The molecule has 1 aromatic heterocycles. The van der Waals surface area contributed by atoms with Crippen LogP contribution in [0, 0.1) is 6.92 Å². The van der Waals surface area contributed by atoms with E-state index in [-0.39, 0.29) is 11.5 Å². The summed E-state index contributed by atoms with van der Waals surface area (Å²) in [5.41, 5.74) is 2.88. The Labute approximate surface area is 145 Å². The first kappa shape index (κ1) is 16.1. The highest BCUT2D eigenvalue weighted by molar-refractivity contribution is 5.87. The van der Waals surface area contributed by atoms with Gasteiger partial charge in [-0.2, -0.15) is 0 Å². The minimum atomic E-state index is -0.662. The highest BCUT2D eigenvalue weighted by atomic mass is 16.5. The number of hydrogen-bond acceptors (Lipinski definition) is 5. The summed E-state index contributed by atoms with van der Waals surface area (Å²) in [5.74, 6) is 0.385. The molecule has 1 aliphatic heterocycles. The van der Waals surface area contributed by atoms with Crippen LogP contribution in [0.3, 0.4) is 0 Å². The van der Waals surface area contributed by atoms with E-state index in [1.807, 2.05) is 19.1 Å². The number of aliphatic hydroxyl groups excluding tert-OH is 1. The number of carbonyl (C=O) groups is 1. The average Bonchev–Trinajstić information content (AvgIpc) is 3.05. The SMILES string of the molecule is Cc1c(OC(C)C(=O)N2CC(O)C2)ccc2c3c(c(=O)oc12)CCC3. The van der Waals surface area contributed by atoms with Gasteiger partial charge in [0.1, 0.15) is 11.3 Å². The van der Waals surface area contributed by atoms with E-state index in [9.17, 15) is 14.7 Å². The summed E-state index contributed by atoms with van der Waals surface area (Å²) >= 11 is 0. The lowest BCUT2D eigenvalue weighted by molar-refractivity contribution is -0.148. The summed E-state index contributed by atoms with van der Waals surface area (Å²) in [6.45, 7) is 4.23. The van der Waals surface area contributed by atoms with Crippen molar-refractivity contribution in [1.29, 1.82) is 0 Å². The molecule has 6 heteroatoms. The van der Waals surface area contributed by atoms with Crippen LogP contribution in [0.25, 0.3) is 11.0 Å². The zero-order valence-corrected chi connectivity index (χ0v) is 14.4. The number of likely N-dealkylation sites (tertiary alicyclic amines) is 1. The van der Waals surface area contributed by atoms with Crippen LogP contribution >= 0.6 is 0 Å². The van der Waals surface area contributed by atoms with E-state index in [0.717, 1.165) is 41.3 Å². The Kier molecular flexibility index (Phi) is 3.80. The molecule has 25 heavy (non-hydrogen) atoms. The summed E-state index contributed by atoms with van der Waals surface area (Å²) in [4.78, 5) is 26.0. The van der Waals surface area contributed by atoms with Crippen LogP contribution in [0.2, 0.25) is 0 Å². The van der Waals surface area contributed by atoms with Crippen molar-refractivity contribution in [2.75, 3.05) is 13.1 Å². The smallest absolute Gasteiger partial charge is 0.339 e. The number of rotatable bonds is 3. The lowest BCUT2D eigenvalue weighted by Gasteiger charge is -2.37. The Morgan fingerprint density at radius 2 is 2.04 bits per heavy atom. The topological polar surface area (TPSA) is 80.0 Å². The van der Waals surface area contributed by atoms with Crippen molar-refractivity contribution in [3.63, 3.8) is 0 Å². The number of carbonyl (C=O) groups excluding carboxylic acids is 1. The molecular formula is C19H21NO5. The van der Waals surface area contributed by atoms with Crippen LogP contribution in [-0.2, 0) is 17.6 Å². The first-order valence-corrected chi connectivity index (χ1v) is 8.67. The molecule has 0 saturated carbocycles. The van der Waals surface area contributed by atoms with Crippen LogP contribution in [0.1, 0.15) is 30.0 Å². The van der Waals surface area contributed by atoms with Crippen LogP contribution in [0.15, 0.2) is 21.3 Å². The molecule has 1 fully saturated rings. The average molecular weight is 343 g/mol. The molecule has 2 aliphatic rings. The molecule has 1 atom stereocenters. The summed E-state index contributed by atoms with van der Waals surface area (Å²) in [6, 6.07) is 3.75. The van der Waals surface area contributed by atoms with Gasteiger partial charge in [-0.15, -0.1) is 0 Å². The van der Waals surface area contributed by atoms with Crippen molar-refractivity contribution in [2.45, 2.75) is 45.3 Å². The predicted octanol–water partition coefficient (Wildman–Crippen LogP) is 1.56. The molecule has 4 rings (SSSR count). The Balaban J connectivity index is 1.65. The summed E-state index contributed by atoms with van der Waals surface area (Å²) in [6.07, 6.45) is 1.55. The first-order valence-electron chi connectivity index (χ1n) is 8.67. The fourth-order valence-corrected chi connectivity index (χ4v) is 3.72. The third-order valence-electron chi connectivity index (χ3n) is 5.17. The van der Waals surface area contributed by atoms with E-state index in [1.165, 1.54) is 0 Å². The van der Waals surface area contributed by atoms with Crippen LogP contribution in [-0.4, -0.2) is 41.2 Å². The van der Waals surface area contributed by atoms with Crippen molar-refractivity contribution in [3.05, 3.63) is 39.2 Å². The number of nitrogens with zero attached hydrogens (tertiary/aromatic N) is 1. The van der Waals surface area contributed by atoms with Gasteiger partial charge in [-0.05, 0) is 50.8 Å². The minimum absolute atomic E-state index is 0.153. The lowest BCUT2D eigenvalue weighted by Crippen LogP contribution is -2.56. The minimum Gasteiger partial charge on any atom is -0.480 e. The quantitative estimate of drug-likeness (QED) is 0.856. The number of fused-ring (bicyclic) bond motifs is 3. The standard InChI is InChI=1S/C19H21NO5/c1-10-16(24-11(2)18(22)20-8-12(21)9-20)7-6-14-13-4-3-5-15(13)19(23)25-17(10)14/h6-7,11-12,21H,3-5,8-9H2,1-2H3. The van der Waals surface area contributed by atoms with E-state index in [0.29, 0.717) is 24.4 Å². The second-order valence-corrected chi connectivity index (χ2v) is 6.92. The van der Waals surface area contributed by atoms with Crippen molar-refractivity contribution < 1.29 is 19.1 Å². The summed E-state index contributed by atoms with van der Waals surface area (Å²) in [7, 11) is 0. The Morgan fingerprint density at radius 3 is 2.76 bits per heavy atom. The predicted molar refractivity (Wildman–Crippen MR) is 91.9 cm³/mol. The highest BCUT2D eigenvalue weighted by Crippen LogP contribution is 2.33. The van der Waals surface area contributed by atoms with E-state index in [4.69, 9.17) is 9.15 Å². The molecule has 1 aromatic carbocycles. The largest absolute Gasteiger partial charge is 0.480 e. The molecular weight excluding hydrogens is 322 g/mol. The van der Waals surface area contributed by atoms with Crippen LogP contribution in [0.5, 0.6) is 5.75 Å². The van der Waals surface area contributed by atoms with Gasteiger partial charge < -0.3 is 19.2 Å². The molecule has 6 nitrogen and oxygen atoms in total. The van der Waals surface area contributed by atoms with Crippen molar-refractivity contribution >= 4 is 16.9 Å². The lowest BCUT2D eigenvalue weighted by atomic mass is 10.0. The Morgan fingerprint density at radius 1 is 1.32 bits per heavy atom. The van der Waals surface area contributed by atoms with Gasteiger partial charge in [-0.1, -0.05) is 0 Å². The maximum Gasteiger partial charge on any atom is 0.339 e. The van der Waals surface area contributed by atoms with E-state index >= 15 is 0 Å². The number of β-amino-alcohol motifs (C(OH)–C–C–N with tert-alkyl or cyclic N) is 1. The Hall–Kier alpha value is -2.34. The maximum absolute atomic E-state index is 12.3. The molecule has 132 valence electrons. The molecule has 0 radical (unpaired) electrons. The maximum atomic E-state index is 12.3. The molecule has 1 N–H and O–H groups in total. The van der Waals surface area contributed by atoms with E-state index < -0.39 is 12.2 Å². The molecule has 1 saturated heterocycles. The molecule has 0 spiro atoms. The third kappa shape index (κ3) is 2.61. The summed E-state index contributed by atoms with van der Waals surface area (Å²) < 4.78 is 11.4. The van der Waals surface area contributed by atoms with E-state index in [1.54, 1.807) is 11.8 Å². The van der Waals surface area contributed by atoms with Crippen molar-refractivity contribution in [2.24, 2.45) is 0 Å². The molecule has 1 unspecified atom stereocenters. The zero-order chi connectivity index (χ0) is 17.7. The molecule has 0 bridgehead atoms. The number of aryl methyl sites for hydroxylation is 2. The van der Waals surface area contributed by atoms with Gasteiger partial charge in [-0.3, -0.25) is 4.79 Å². The highest BCUT2D eigenvalue weighted by Gasteiger charge is 2.32. The van der Waals surface area contributed by atoms with Gasteiger partial charge in [0.2, 0.25) is 0 Å². The van der Waals surface area contributed by atoms with Gasteiger partial charge in [0.05, 0.1) is 6.10 Å². The third-order valence-corrected chi connectivity index (χ3v) is 5.17.